The van der Waals surface area contributed by atoms with Gasteiger partial charge in [-0.15, -0.1) is 0 Å². The molecule has 1 atom stereocenters. The fourth-order valence-corrected chi connectivity index (χ4v) is 1.63. The summed E-state index contributed by atoms with van der Waals surface area (Å²) in [4.78, 5) is 21.9. The smallest absolute Gasteiger partial charge is 0.416 e. The van der Waals surface area contributed by atoms with Crippen LogP contribution in [0.25, 0.3) is 0 Å². The second-order valence-electron chi connectivity index (χ2n) is 4.52. The van der Waals surface area contributed by atoms with Crippen molar-refractivity contribution in [1.29, 1.82) is 0 Å². The number of hydrogen-bond donors (Lipinski definition) is 3. The molecular weight excluding hydrogens is 289 g/mol. The minimum atomic E-state index is -4.44. The van der Waals surface area contributed by atoms with Crippen LogP contribution < -0.4 is 10.6 Å². The van der Waals surface area contributed by atoms with E-state index in [1.54, 1.807) is 0 Å². The van der Waals surface area contributed by atoms with E-state index in [2.05, 4.69) is 10.6 Å². The molecule has 21 heavy (non-hydrogen) atoms. The van der Waals surface area contributed by atoms with Crippen molar-refractivity contribution in [1.82, 2.24) is 10.6 Å². The molecule has 1 aromatic rings. The fraction of sp³-hybridized carbons (Fsp3) is 0.385. The molecule has 0 aromatic heterocycles. The van der Waals surface area contributed by atoms with Crippen molar-refractivity contribution in [2.45, 2.75) is 32.1 Å². The monoisotopic (exact) mass is 304 g/mol. The van der Waals surface area contributed by atoms with Crippen LogP contribution in [0.2, 0.25) is 0 Å². The van der Waals surface area contributed by atoms with Gasteiger partial charge in [0.1, 0.15) is 0 Å². The minimum Gasteiger partial charge on any atom is -0.481 e. The Morgan fingerprint density at radius 1 is 1.33 bits per heavy atom. The van der Waals surface area contributed by atoms with E-state index in [1.165, 1.54) is 19.1 Å². The van der Waals surface area contributed by atoms with Gasteiger partial charge >= 0.3 is 18.2 Å². The third kappa shape index (κ3) is 6.15. The van der Waals surface area contributed by atoms with Crippen LogP contribution in [0.3, 0.4) is 0 Å². The summed E-state index contributed by atoms with van der Waals surface area (Å²) in [7, 11) is 0. The summed E-state index contributed by atoms with van der Waals surface area (Å²) in [6.07, 6.45) is -4.68. The average Bonchev–Trinajstić information content (AvgIpc) is 2.34. The van der Waals surface area contributed by atoms with Gasteiger partial charge in [0.2, 0.25) is 0 Å². The van der Waals surface area contributed by atoms with Crippen molar-refractivity contribution >= 4 is 12.0 Å². The van der Waals surface area contributed by atoms with E-state index in [0.29, 0.717) is 5.56 Å². The third-order valence-corrected chi connectivity index (χ3v) is 2.57. The van der Waals surface area contributed by atoms with E-state index in [9.17, 15) is 22.8 Å². The quantitative estimate of drug-likeness (QED) is 0.781. The fourth-order valence-electron chi connectivity index (χ4n) is 1.63. The molecule has 2 amide bonds. The van der Waals surface area contributed by atoms with E-state index >= 15 is 0 Å². The second kappa shape index (κ2) is 6.96. The zero-order valence-corrected chi connectivity index (χ0v) is 11.2. The molecule has 0 aliphatic carbocycles. The summed E-state index contributed by atoms with van der Waals surface area (Å²) in [5.41, 5.74) is -0.493. The number of aliphatic carboxylic acids is 1. The predicted octanol–water partition coefficient (Wildman–Crippen LogP) is 2.37. The van der Waals surface area contributed by atoms with Gasteiger partial charge in [-0.25, -0.2) is 4.79 Å². The molecule has 5 nitrogen and oxygen atoms in total. The minimum absolute atomic E-state index is 0.0878. The number of benzene rings is 1. The van der Waals surface area contributed by atoms with Gasteiger partial charge in [0.15, 0.2) is 0 Å². The van der Waals surface area contributed by atoms with Gasteiger partial charge in [-0.3, -0.25) is 4.79 Å². The van der Waals surface area contributed by atoms with E-state index in [-0.39, 0.29) is 13.0 Å². The molecule has 0 spiro atoms. The molecule has 116 valence electrons. The predicted molar refractivity (Wildman–Crippen MR) is 68.5 cm³/mol. The third-order valence-electron chi connectivity index (χ3n) is 2.57. The first-order chi connectivity index (χ1) is 9.68. The average molecular weight is 304 g/mol. The first-order valence-electron chi connectivity index (χ1n) is 6.11. The van der Waals surface area contributed by atoms with Gasteiger partial charge in [0.25, 0.3) is 0 Å². The first kappa shape index (κ1) is 16.8. The highest BCUT2D eigenvalue weighted by Gasteiger charge is 2.30. The summed E-state index contributed by atoms with van der Waals surface area (Å²) >= 11 is 0. The van der Waals surface area contributed by atoms with E-state index in [4.69, 9.17) is 5.11 Å². The molecule has 0 saturated heterocycles. The van der Waals surface area contributed by atoms with Gasteiger partial charge in [0, 0.05) is 12.6 Å². The zero-order chi connectivity index (χ0) is 16.0. The number of nitrogens with one attached hydrogen (secondary N) is 2. The van der Waals surface area contributed by atoms with Crippen LogP contribution >= 0.6 is 0 Å². The SMILES string of the molecule is CC(CC(=O)O)NC(=O)NCc1cccc(C(F)(F)F)c1. The number of carboxylic acids is 1. The molecular formula is C13H15F3N2O3. The number of halogens is 3. The van der Waals surface area contributed by atoms with Crippen molar-refractivity contribution in [2.24, 2.45) is 0 Å². The molecule has 8 heteroatoms. The maximum atomic E-state index is 12.5. The maximum Gasteiger partial charge on any atom is 0.416 e. The number of carbonyl (C=O) groups excluding carboxylic acids is 1. The van der Waals surface area contributed by atoms with Gasteiger partial charge in [0.05, 0.1) is 12.0 Å². The second-order valence-corrected chi connectivity index (χ2v) is 4.52. The highest BCUT2D eigenvalue weighted by Crippen LogP contribution is 2.29. The molecule has 1 unspecified atom stereocenters. The molecule has 0 aliphatic heterocycles. The lowest BCUT2D eigenvalue weighted by Crippen LogP contribution is -2.41. The Kier molecular flexibility index (Phi) is 5.57. The molecule has 0 aliphatic rings. The lowest BCUT2D eigenvalue weighted by atomic mass is 10.1. The van der Waals surface area contributed by atoms with Crippen LogP contribution in [-0.2, 0) is 17.5 Å². The van der Waals surface area contributed by atoms with Gasteiger partial charge < -0.3 is 15.7 Å². The van der Waals surface area contributed by atoms with Crippen LogP contribution in [0.1, 0.15) is 24.5 Å². The van der Waals surface area contributed by atoms with Gasteiger partial charge in [-0.1, -0.05) is 12.1 Å². The first-order valence-corrected chi connectivity index (χ1v) is 6.11. The van der Waals surface area contributed by atoms with E-state index < -0.39 is 29.8 Å². The normalized spacial score (nSPS) is 12.6. The highest BCUT2D eigenvalue weighted by molar-refractivity contribution is 5.75. The van der Waals surface area contributed by atoms with Crippen molar-refractivity contribution in [2.75, 3.05) is 0 Å². The number of carboxylic acid groups (broad SMARTS) is 1. The zero-order valence-electron chi connectivity index (χ0n) is 11.2. The number of carbonyl (C=O) groups is 2. The summed E-state index contributed by atoms with van der Waals surface area (Å²) < 4.78 is 37.5. The number of rotatable bonds is 5. The van der Waals surface area contributed by atoms with E-state index in [1.807, 2.05) is 0 Å². The van der Waals surface area contributed by atoms with Crippen molar-refractivity contribution in [3.63, 3.8) is 0 Å². The Labute approximate surface area is 119 Å². The van der Waals surface area contributed by atoms with Crippen LogP contribution in [0.15, 0.2) is 24.3 Å². The number of hydrogen-bond acceptors (Lipinski definition) is 2. The molecule has 0 heterocycles. The van der Waals surface area contributed by atoms with Crippen LogP contribution in [0.4, 0.5) is 18.0 Å². The summed E-state index contributed by atoms with van der Waals surface area (Å²) in [6.45, 7) is 1.42. The molecule has 1 aromatic carbocycles. The van der Waals surface area contributed by atoms with E-state index in [0.717, 1.165) is 12.1 Å². The Morgan fingerprint density at radius 3 is 2.57 bits per heavy atom. The number of alkyl halides is 3. The summed E-state index contributed by atoms with van der Waals surface area (Å²) in [5.74, 6) is -1.05. The summed E-state index contributed by atoms with van der Waals surface area (Å²) in [6, 6.07) is 3.38. The molecule has 0 bridgehead atoms. The maximum absolute atomic E-state index is 12.5. The molecule has 3 N–H and O–H groups in total. The lowest BCUT2D eigenvalue weighted by molar-refractivity contribution is -0.138. The van der Waals surface area contributed by atoms with Crippen molar-refractivity contribution < 1.29 is 27.9 Å². The molecule has 0 radical (unpaired) electrons. The van der Waals surface area contributed by atoms with Crippen molar-refractivity contribution in [3.8, 4) is 0 Å². The van der Waals surface area contributed by atoms with Crippen LogP contribution in [0, 0.1) is 0 Å². The van der Waals surface area contributed by atoms with Crippen LogP contribution in [-0.4, -0.2) is 23.1 Å². The topological polar surface area (TPSA) is 78.4 Å². The van der Waals surface area contributed by atoms with Crippen LogP contribution in [0.5, 0.6) is 0 Å². The van der Waals surface area contributed by atoms with Gasteiger partial charge in [-0.05, 0) is 24.6 Å². The number of amides is 2. The molecule has 1 rings (SSSR count). The molecule has 0 fully saturated rings. The number of urea groups is 1. The Hall–Kier alpha value is -2.25. The molecule has 0 saturated carbocycles. The standard InChI is InChI=1S/C13H15F3N2O3/c1-8(5-11(19)20)18-12(21)17-7-9-3-2-4-10(6-9)13(14,15)16/h2-4,6,8H,5,7H2,1H3,(H,19,20)(H2,17,18,21). The Bertz CT molecular complexity index is 518. The van der Waals surface area contributed by atoms with Gasteiger partial charge in [-0.2, -0.15) is 13.2 Å². The Balaban J connectivity index is 2.52. The largest absolute Gasteiger partial charge is 0.481 e. The lowest BCUT2D eigenvalue weighted by Gasteiger charge is -2.13. The Morgan fingerprint density at radius 2 is 2.00 bits per heavy atom. The highest BCUT2D eigenvalue weighted by atomic mass is 19.4. The summed E-state index contributed by atoms with van der Waals surface area (Å²) in [5, 5.41) is 13.3. The van der Waals surface area contributed by atoms with Crippen molar-refractivity contribution in [3.05, 3.63) is 35.4 Å².